The Bertz CT molecular complexity index is 128. The third-order valence-electron chi connectivity index (χ3n) is 1.57. The number of ether oxygens (including phenoxy) is 2. The molecule has 0 bridgehead atoms. The highest BCUT2D eigenvalue weighted by Gasteiger charge is 2.14. The second-order valence-corrected chi connectivity index (χ2v) is 2.50. The van der Waals surface area contributed by atoms with Crippen LogP contribution in [0.2, 0.25) is 0 Å². The fourth-order valence-electron chi connectivity index (χ4n) is 0.988. The lowest BCUT2D eigenvalue weighted by Crippen LogP contribution is -2.28. The van der Waals surface area contributed by atoms with Crippen LogP contribution in [-0.2, 0) is 14.3 Å². The largest absolute Gasteiger partial charge is 0.481 e. The number of carbonyl (C=O) groups is 1. The Labute approximate surface area is 65.1 Å². The highest BCUT2D eigenvalue weighted by molar-refractivity contribution is 5.66. The zero-order valence-corrected chi connectivity index (χ0v) is 6.28. The average molecular weight is 160 g/mol. The summed E-state index contributed by atoms with van der Waals surface area (Å²) in [5, 5.41) is 8.35. The summed E-state index contributed by atoms with van der Waals surface area (Å²) in [6.07, 6.45) is 0.698. The number of carboxylic acids is 1. The lowest BCUT2D eigenvalue weighted by Gasteiger charge is -2.21. The summed E-state index contributed by atoms with van der Waals surface area (Å²) in [6.45, 7) is 1.75. The summed E-state index contributed by atoms with van der Waals surface area (Å²) in [5.74, 6) is -0.779. The molecule has 1 atom stereocenters. The minimum absolute atomic E-state index is 0.0140. The summed E-state index contributed by atoms with van der Waals surface area (Å²) in [7, 11) is 0. The smallest absolute Gasteiger partial charge is 0.303 e. The van der Waals surface area contributed by atoms with Crippen LogP contribution in [0.15, 0.2) is 0 Å². The molecular formula is C7H12O4. The summed E-state index contributed by atoms with van der Waals surface area (Å²) in [5.41, 5.74) is 0. The second-order valence-electron chi connectivity index (χ2n) is 2.50. The van der Waals surface area contributed by atoms with E-state index in [9.17, 15) is 4.79 Å². The van der Waals surface area contributed by atoms with Gasteiger partial charge in [0.05, 0.1) is 25.9 Å². The van der Waals surface area contributed by atoms with Gasteiger partial charge in [-0.2, -0.15) is 0 Å². The zero-order valence-electron chi connectivity index (χ0n) is 6.28. The number of aliphatic carboxylic acids is 1. The van der Waals surface area contributed by atoms with Gasteiger partial charge in [-0.15, -0.1) is 0 Å². The molecule has 1 N–H and O–H groups in total. The fraction of sp³-hybridized carbons (Fsp3) is 0.857. The lowest BCUT2D eigenvalue weighted by atomic mass is 10.2. The first-order valence-electron chi connectivity index (χ1n) is 3.70. The second kappa shape index (κ2) is 4.31. The molecule has 0 aromatic rings. The van der Waals surface area contributed by atoms with Crippen molar-refractivity contribution in [1.29, 1.82) is 0 Å². The van der Waals surface area contributed by atoms with E-state index in [1.807, 2.05) is 0 Å². The maximum atomic E-state index is 10.1. The quantitative estimate of drug-likeness (QED) is 0.643. The molecule has 64 valence electrons. The van der Waals surface area contributed by atoms with Gasteiger partial charge in [-0.25, -0.2) is 0 Å². The molecule has 0 amide bonds. The number of hydrogen-bond donors (Lipinski definition) is 1. The average Bonchev–Trinajstić information content (AvgIpc) is 2.03. The number of hydrogen-bond acceptors (Lipinski definition) is 3. The van der Waals surface area contributed by atoms with Crippen LogP contribution in [0.5, 0.6) is 0 Å². The highest BCUT2D eigenvalue weighted by Crippen LogP contribution is 2.06. The van der Waals surface area contributed by atoms with Crippen LogP contribution < -0.4 is 0 Å². The van der Waals surface area contributed by atoms with E-state index in [2.05, 4.69) is 0 Å². The molecule has 11 heavy (non-hydrogen) atoms. The van der Waals surface area contributed by atoms with Crippen LogP contribution in [-0.4, -0.2) is 37.0 Å². The standard InChI is InChI=1S/C7H12O4/c8-7(9)2-1-6-5-10-3-4-11-6/h6H,1-5H2,(H,8,9)/t6-/m0/s1. The molecule has 0 radical (unpaired) electrons. The van der Waals surface area contributed by atoms with E-state index in [4.69, 9.17) is 14.6 Å². The van der Waals surface area contributed by atoms with Crippen molar-refractivity contribution < 1.29 is 19.4 Å². The van der Waals surface area contributed by atoms with E-state index in [1.54, 1.807) is 0 Å². The molecule has 1 heterocycles. The van der Waals surface area contributed by atoms with E-state index < -0.39 is 5.97 Å². The molecule has 0 aliphatic carbocycles. The van der Waals surface area contributed by atoms with Crippen LogP contribution in [0.4, 0.5) is 0 Å². The Hall–Kier alpha value is -0.610. The molecule has 1 rings (SSSR count). The van der Waals surface area contributed by atoms with Gasteiger partial charge in [-0.3, -0.25) is 4.79 Å². The molecule has 0 unspecified atom stereocenters. The van der Waals surface area contributed by atoms with Crippen LogP contribution in [0.3, 0.4) is 0 Å². The molecule has 4 nitrogen and oxygen atoms in total. The molecule has 1 aliphatic heterocycles. The molecule has 1 saturated heterocycles. The Morgan fingerprint density at radius 3 is 2.91 bits per heavy atom. The first-order valence-corrected chi connectivity index (χ1v) is 3.70. The van der Waals surface area contributed by atoms with Crippen molar-refractivity contribution in [3.63, 3.8) is 0 Å². The first-order chi connectivity index (χ1) is 5.29. The maximum Gasteiger partial charge on any atom is 0.303 e. The third-order valence-corrected chi connectivity index (χ3v) is 1.57. The van der Waals surface area contributed by atoms with Gasteiger partial charge in [0.15, 0.2) is 0 Å². The van der Waals surface area contributed by atoms with Gasteiger partial charge >= 0.3 is 5.97 Å². The Morgan fingerprint density at radius 2 is 2.36 bits per heavy atom. The molecule has 0 aromatic carbocycles. The summed E-state index contributed by atoms with van der Waals surface area (Å²) in [4.78, 5) is 10.1. The SMILES string of the molecule is O=C(O)CC[C@H]1COCCO1. The van der Waals surface area contributed by atoms with Crippen LogP contribution in [0.25, 0.3) is 0 Å². The van der Waals surface area contributed by atoms with Crippen LogP contribution in [0.1, 0.15) is 12.8 Å². The van der Waals surface area contributed by atoms with E-state index >= 15 is 0 Å². The van der Waals surface area contributed by atoms with Gasteiger partial charge in [0, 0.05) is 6.42 Å². The molecule has 1 aliphatic rings. The van der Waals surface area contributed by atoms with Crippen molar-refractivity contribution >= 4 is 5.97 Å². The molecule has 0 aromatic heterocycles. The van der Waals surface area contributed by atoms with Gasteiger partial charge < -0.3 is 14.6 Å². The first kappa shape index (κ1) is 8.49. The highest BCUT2D eigenvalue weighted by atomic mass is 16.6. The minimum atomic E-state index is -0.779. The minimum Gasteiger partial charge on any atom is -0.481 e. The number of rotatable bonds is 3. The van der Waals surface area contributed by atoms with E-state index in [0.29, 0.717) is 26.2 Å². The summed E-state index contributed by atoms with van der Waals surface area (Å²) in [6, 6.07) is 0. The van der Waals surface area contributed by atoms with Gasteiger partial charge in [0.25, 0.3) is 0 Å². The summed E-state index contributed by atoms with van der Waals surface area (Å²) < 4.78 is 10.3. The Balaban J connectivity index is 2.09. The van der Waals surface area contributed by atoms with Gasteiger partial charge in [-0.1, -0.05) is 0 Å². The molecule has 1 fully saturated rings. The van der Waals surface area contributed by atoms with Crippen molar-refractivity contribution in [2.45, 2.75) is 18.9 Å². The van der Waals surface area contributed by atoms with Crippen molar-refractivity contribution in [1.82, 2.24) is 0 Å². The molecular weight excluding hydrogens is 148 g/mol. The van der Waals surface area contributed by atoms with Crippen molar-refractivity contribution in [2.24, 2.45) is 0 Å². The lowest BCUT2D eigenvalue weighted by molar-refractivity contribution is -0.139. The van der Waals surface area contributed by atoms with E-state index in [-0.39, 0.29) is 12.5 Å². The van der Waals surface area contributed by atoms with E-state index in [1.165, 1.54) is 0 Å². The summed E-state index contributed by atoms with van der Waals surface area (Å²) >= 11 is 0. The van der Waals surface area contributed by atoms with Crippen LogP contribution in [0, 0.1) is 0 Å². The van der Waals surface area contributed by atoms with Crippen molar-refractivity contribution in [3.05, 3.63) is 0 Å². The number of carboxylic acid groups (broad SMARTS) is 1. The maximum absolute atomic E-state index is 10.1. The monoisotopic (exact) mass is 160 g/mol. The molecule has 0 saturated carbocycles. The normalized spacial score (nSPS) is 24.9. The molecule has 4 heteroatoms. The van der Waals surface area contributed by atoms with Gasteiger partial charge in [-0.05, 0) is 6.42 Å². The third kappa shape index (κ3) is 3.34. The fourth-order valence-corrected chi connectivity index (χ4v) is 0.988. The predicted octanol–water partition coefficient (Wildman–Crippen LogP) is 0.267. The Morgan fingerprint density at radius 1 is 1.55 bits per heavy atom. The van der Waals surface area contributed by atoms with Crippen molar-refractivity contribution in [2.75, 3.05) is 19.8 Å². The van der Waals surface area contributed by atoms with E-state index in [0.717, 1.165) is 0 Å². The predicted molar refractivity (Wildman–Crippen MR) is 37.4 cm³/mol. The molecule has 0 spiro atoms. The van der Waals surface area contributed by atoms with Crippen molar-refractivity contribution in [3.8, 4) is 0 Å². The van der Waals surface area contributed by atoms with Gasteiger partial charge in [0.2, 0.25) is 0 Å². The van der Waals surface area contributed by atoms with Gasteiger partial charge in [0.1, 0.15) is 0 Å². The Kier molecular flexibility index (Phi) is 3.32. The zero-order chi connectivity index (χ0) is 8.10. The topological polar surface area (TPSA) is 55.8 Å². The van der Waals surface area contributed by atoms with Crippen LogP contribution >= 0.6 is 0 Å².